The lowest BCUT2D eigenvalue weighted by atomic mass is 10.2. The zero-order chi connectivity index (χ0) is 18.8. The molecule has 0 aromatic heterocycles. The van der Waals surface area contributed by atoms with E-state index in [0.29, 0.717) is 18.6 Å². The van der Waals surface area contributed by atoms with E-state index in [4.69, 9.17) is 9.47 Å². The molecule has 0 amide bonds. The number of halogens is 3. The summed E-state index contributed by atoms with van der Waals surface area (Å²) in [5, 5.41) is 0. The molecule has 0 saturated carbocycles. The van der Waals surface area contributed by atoms with Crippen molar-refractivity contribution in [1.82, 2.24) is 0 Å². The van der Waals surface area contributed by atoms with Gasteiger partial charge in [-0.3, -0.25) is 0 Å². The van der Waals surface area contributed by atoms with E-state index in [0.717, 1.165) is 18.1 Å². The van der Waals surface area contributed by atoms with Crippen molar-refractivity contribution in [2.24, 2.45) is 0 Å². The molecule has 0 radical (unpaired) electrons. The molecule has 0 aliphatic carbocycles. The molecule has 0 unspecified atom stereocenters. The first-order valence-electron chi connectivity index (χ1n) is 8.32. The van der Waals surface area contributed by atoms with Gasteiger partial charge in [0.2, 0.25) is 0 Å². The fourth-order valence-corrected chi connectivity index (χ4v) is 1.88. The van der Waals surface area contributed by atoms with Crippen LogP contribution in [0.4, 0.5) is 13.2 Å². The second kappa shape index (κ2) is 10.8. The van der Waals surface area contributed by atoms with Gasteiger partial charge in [0.05, 0.1) is 6.61 Å². The Morgan fingerprint density at radius 3 is 2.44 bits per heavy atom. The van der Waals surface area contributed by atoms with Gasteiger partial charge < -0.3 is 9.47 Å². The van der Waals surface area contributed by atoms with E-state index in [1.807, 2.05) is 13.8 Å². The third-order valence-electron chi connectivity index (χ3n) is 3.40. The molecule has 0 fully saturated rings. The second-order valence-corrected chi connectivity index (χ2v) is 5.68. The molecule has 25 heavy (non-hydrogen) atoms. The monoisotopic (exact) mass is 354 g/mol. The van der Waals surface area contributed by atoms with Crippen molar-refractivity contribution in [3.63, 3.8) is 0 Å². The summed E-state index contributed by atoms with van der Waals surface area (Å²) in [6, 6.07) is 4.00. The van der Waals surface area contributed by atoms with Crippen molar-refractivity contribution < 1.29 is 22.6 Å². The minimum absolute atomic E-state index is 0.0904. The number of benzene rings is 1. The average Bonchev–Trinajstić information content (AvgIpc) is 2.56. The standard InChI is InChI=1S/C20H25F3O2/c1-5-9-24-13-16-11-18(7-8-19(16)23)25-20(15(4)21)12-17(22)10-14(3)6-2/h7-8,10-12H,5-6,9,13H2,1-4H3/b14-10-,17-12+,20-15-. The number of hydrogen-bond donors (Lipinski definition) is 0. The quantitative estimate of drug-likeness (QED) is 0.285. The molecule has 0 aliphatic heterocycles. The summed E-state index contributed by atoms with van der Waals surface area (Å²) < 4.78 is 52.1. The Balaban J connectivity index is 2.98. The highest BCUT2D eigenvalue weighted by molar-refractivity contribution is 5.34. The summed E-state index contributed by atoms with van der Waals surface area (Å²) >= 11 is 0. The Morgan fingerprint density at radius 1 is 1.12 bits per heavy atom. The summed E-state index contributed by atoms with van der Waals surface area (Å²) in [6.45, 7) is 7.40. The molecule has 0 saturated heterocycles. The fraction of sp³-hybridized carbons (Fsp3) is 0.400. The molecule has 5 heteroatoms. The fourth-order valence-electron chi connectivity index (χ4n) is 1.88. The molecule has 0 atom stereocenters. The average molecular weight is 354 g/mol. The first-order valence-corrected chi connectivity index (χ1v) is 8.32. The zero-order valence-electron chi connectivity index (χ0n) is 15.2. The highest BCUT2D eigenvalue weighted by Crippen LogP contribution is 2.23. The van der Waals surface area contributed by atoms with Crippen LogP contribution in [0.1, 0.15) is 46.1 Å². The second-order valence-electron chi connectivity index (χ2n) is 5.68. The van der Waals surface area contributed by atoms with Gasteiger partial charge in [-0.05, 0) is 51.0 Å². The highest BCUT2D eigenvalue weighted by atomic mass is 19.1. The number of ether oxygens (including phenoxy) is 2. The molecule has 1 rings (SSSR count). The zero-order valence-corrected chi connectivity index (χ0v) is 15.2. The Kier molecular flexibility index (Phi) is 9.06. The van der Waals surface area contributed by atoms with Gasteiger partial charge in [0, 0.05) is 18.2 Å². The van der Waals surface area contributed by atoms with Crippen LogP contribution in [0.5, 0.6) is 5.75 Å². The summed E-state index contributed by atoms with van der Waals surface area (Å²) in [6.07, 6.45) is 3.81. The van der Waals surface area contributed by atoms with Gasteiger partial charge in [0.1, 0.15) is 23.2 Å². The Bertz CT molecular complexity index is 657. The van der Waals surface area contributed by atoms with Crippen LogP contribution in [0.25, 0.3) is 0 Å². The summed E-state index contributed by atoms with van der Waals surface area (Å²) in [5.74, 6) is -1.77. The van der Waals surface area contributed by atoms with Gasteiger partial charge in [-0.2, -0.15) is 0 Å². The molecule has 1 aromatic rings. The van der Waals surface area contributed by atoms with Crippen LogP contribution in [-0.2, 0) is 11.3 Å². The minimum Gasteiger partial charge on any atom is -0.455 e. The maximum Gasteiger partial charge on any atom is 0.161 e. The summed E-state index contributed by atoms with van der Waals surface area (Å²) in [7, 11) is 0. The van der Waals surface area contributed by atoms with E-state index >= 15 is 0 Å². The predicted molar refractivity (Wildman–Crippen MR) is 94.0 cm³/mol. The van der Waals surface area contributed by atoms with Crippen LogP contribution in [-0.4, -0.2) is 6.61 Å². The molecule has 2 nitrogen and oxygen atoms in total. The number of rotatable bonds is 9. The largest absolute Gasteiger partial charge is 0.455 e. The Hall–Kier alpha value is -2.01. The van der Waals surface area contributed by atoms with E-state index in [2.05, 4.69) is 0 Å². The van der Waals surface area contributed by atoms with Crippen molar-refractivity contribution in [2.75, 3.05) is 6.61 Å². The SMILES string of the molecule is CCCOCc1cc(OC(/C=C(F)\C=C(\C)CC)=C(/C)F)ccc1F. The molecule has 0 spiro atoms. The normalized spacial score (nSPS) is 13.7. The number of hydrogen-bond acceptors (Lipinski definition) is 2. The lowest BCUT2D eigenvalue weighted by molar-refractivity contribution is 0.119. The molecule has 0 bridgehead atoms. The third kappa shape index (κ3) is 7.61. The van der Waals surface area contributed by atoms with E-state index in [1.165, 1.54) is 31.2 Å². The third-order valence-corrected chi connectivity index (χ3v) is 3.40. The first kappa shape index (κ1) is 21.0. The molecule has 0 heterocycles. The molecular formula is C20H25F3O2. The molecule has 1 aromatic carbocycles. The summed E-state index contributed by atoms with van der Waals surface area (Å²) in [4.78, 5) is 0. The van der Waals surface area contributed by atoms with Gasteiger partial charge in [-0.15, -0.1) is 0 Å². The van der Waals surface area contributed by atoms with Crippen LogP contribution in [0.3, 0.4) is 0 Å². The van der Waals surface area contributed by atoms with Crippen LogP contribution >= 0.6 is 0 Å². The van der Waals surface area contributed by atoms with Crippen LogP contribution in [0, 0.1) is 5.82 Å². The van der Waals surface area contributed by atoms with Gasteiger partial charge in [0.15, 0.2) is 5.76 Å². The van der Waals surface area contributed by atoms with Crippen LogP contribution in [0.15, 0.2) is 53.3 Å². The minimum atomic E-state index is -0.675. The predicted octanol–water partition coefficient (Wildman–Crippen LogP) is 6.54. The smallest absolute Gasteiger partial charge is 0.161 e. The van der Waals surface area contributed by atoms with Crippen LogP contribution < -0.4 is 4.74 Å². The molecular weight excluding hydrogens is 329 g/mol. The van der Waals surface area contributed by atoms with Gasteiger partial charge in [-0.1, -0.05) is 19.4 Å². The molecule has 138 valence electrons. The van der Waals surface area contributed by atoms with E-state index in [-0.39, 0.29) is 18.1 Å². The van der Waals surface area contributed by atoms with Crippen molar-refractivity contribution in [3.05, 3.63) is 64.7 Å². The maximum atomic E-state index is 13.9. The molecule has 0 aliphatic rings. The first-order chi connectivity index (χ1) is 11.9. The molecule has 0 N–H and O–H groups in total. The summed E-state index contributed by atoms with van der Waals surface area (Å²) in [5.41, 5.74) is 1.12. The van der Waals surface area contributed by atoms with Gasteiger partial charge in [0.25, 0.3) is 0 Å². The highest BCUT2D eigenvalue weighted by Gasteiger charge is 2.09. The van der Waals surface area contributed by atoms with Crippen molar-refractivity contribution in [2.45, 2.75) is 47.1 Å². The maximum absolute atomic E-state index is 13.9. The van der Waals surface area contributed by atoms with Crippen molar-refractivity contribution in [3.8, 4) is 5.75 Å². The van der Waals surface area contributed by atoms with E-state index in [9.17, 15) is 13.2 Å². The van der Waals surface area contributed by atoms with Gasteiger partial charge >= 0.3 is 0 Å². The van der Waals surface area contributed by atoms with E-state index < -0.39 is 17.5 Å². The Labute approximate surface area is 147 Å². The van der Waals surface area contributed by atoms with Crippen molar-refractivity contribution >= 4 is 0 Å². The van der Waals surface area contributed by atoms with Crippen molar-refractivity contribution in [1.29, 1.82) is 0 Å². The lowest BCUT2D eigenvalue weighted by Gasteiger charge is -2.10. The topological polar surface area (TPSA) is 18.5 Å². The Morgan fingerprint density at radius 2 is 1.84 bits per heavy atom. The van der Waals surface area contributed by atoms with E-state index in [1.54, 1.807) is 6.92 Å². The number of allylic oxidation sites excluding steroid dienone is 5. The van der Waals surface area contributed by atoms with Crippen LogP contribution in [0.2, 0.25) is 0 Å². The van der Waals surface area contributed by atoms with Gasteiger partial charge in [-0.25, -0.2) is 13.2 Å². The lowest BCUT2D eigenvalue weighted by Crippen LogP contribution is -2.00.